The van der Waals surface area contributed by atoms with E-state index in [4.69, 9.17) is 4.74 Å². The van der Waals surface area contributed by atoms with Crippen LogP contribution in [-0.4, -0.2) is 33.5 Å². The quantitative estimate of drug-likeness (QED) is 0.913. The van der Waals surface area contributed by atoms with Gasteiger partial charge in [-0.25, -0.2) is 0 Å². The summed E-state index contributed by atoms with van der Waals surface area (Å²) in [4.78, 5) is 0. The van der Waals surface area contributed by atoms with Crippen molar-refractivity contribution in [3.63, 3.8) is 0 Å². The van der Waals surface area contributed by atoms with Gasteiger partial charge in [-0.3, -0.25) is 4.57 Å². The zero-order chi connectivity index (χ0) is 13.1. The third-order valence-corrected chi connectivity index (χ3v) is 3.42. The topological polar surface area (TPSA) is 52.0 Å². The number of nitrogens with one attached hydrogen (secondary N) is 1. The Morgan fingerprint density at radius 1 is 1.32 bits per heavy atom. The molecule has 2 unspecified atom stereocenters. The Kier molecular flexibility index (Phi) is 3.46. The first-order valence-electron chi connectivity index (χ1n) is 6.65. The number of aromatic nitrogens is 3. The number of hydrogen-bond donors (Lipinski definition) is 1. The highest BCUT2D eigenvalue weighted by Crippen LogP contribution is 2.20. The molecule has 2 heterocycles. The standard InChI is InChI=1S/C14H18N4O/c1-11-5-6-14(19-11)8-15-12-3-2-4-13(7-12)18-9-16-17-10-18/h2-4,7,9-11,14-15H,5-6,8H2,1H3. The number of anilines is 1. The highest BCUT2D eigenvalue weighted by atomic mass is 16.5. The Labute approximate surface area is 112 Å². The fourth-order valence-corrected chi connectivity index (χ4v) is 2.38. The van der Waals surface area contributed by atoms with Crippen LogP contribution in [0.25, 0.3) is 5.69 Å². The molecular formula is C14H18N4O. The number of hydrogen-bond acceptors (Lipinski definition) is 4. The molecule has 2 atom stereocenters. The third kappa shape index (κ3) is 2.93. The van der Waals surface area contributed by atoms with Crippen LogP contribution in [0.4, 0.5) is 5.69 Å². The van der Waals surface area contributed by atoms with E-state index in [2.05, 4.69) is 34.6 Å². The van der Waals surface area contributed by atoms with E-state index in [0.717, 1.165) is 30.8 Å². The molecule has 1 aromatic carbocycles. The average molecular weight is 258 g/mol. The van der Waals surface area contributed by atoms with Gasteiger partial charge in [0.2, 0.25) is 0 Å². The predicted octanol–water partition coefficient (Wildman–Crippen LogP) is 2.25. The summed E-state index contributed by atoms with van der Waals surface area (Å²) >= 11 is 0. The molecule has 0 amide bonds. The molecule has 1 saturated heterocycles. The van der Waals surface area contributed by atoms with Crippen LogP contribution in [0.1, 0.15) is 19.8 Å². The molecule has 1 aliphatic heterocycles. The Morgan fingerprint density at radius 2 is 2.16 bits per heavy atom. The predicted molar refractivity (Wildman–Crippen MR) is 73.4 cm³/mol. The van der Waals surface area contributed by atoms with Crippen molar-refractivity contribution in [1.82, 2.24) is 14.8 Å². The molecular weight excluding hydrogens is 240 g/mol. The monoisotopic (exact) mass is 258 g/mol. The Balaban J connectivity index is 1.63. The van der Waals surface area contributed by atoms with Crippen LogP contribution in [0.2, 0.25) is 0 Å². The summed E-state index contributed by atoms with van der Waals surface area (Å²) < 4.78 is 7.69. The lowest BCUT2D eigenvalue weighted by Gasteiger charge is -2.14. The van der Waals surface area contributed by atoms with Crippen LogP contribution < -0.4 is 5.32 Å². The first-order chi connectivity index (χ1) is 9.31. The summed E-state index contributed by atoms with van der Waals surface area (Å²) in [6.45, 7) is 2.99. The summed E-state index contributed by atoms with van der Waals surface area (Å²) in [7, 11) is 0. The third-order valence-electron chi connectivity index (χ3n) is 3.42. The highest BCUT2D eigenvalue weighted by molar-refractivity contribution is 5.51. The summed E-state index contributed by atoms with van der Waals surface area (Å²) in [6.07, 6.45) is 6.41. The molecule has 100 valence electrons. The van der Waals surface area contributed by atoms with E-state index in [0.29, 0.717) is 12.2 Å². The van der Waals surface area contributed by atoms with Crippen LogP contribution >= 0.6 is 0 Å². The van der Waals surface area contributed by atoms with Crippen molar-refractivity contribution in [2.45, 2.75) is 32.0 Å². The molecule has 5 heteroatoms. The van der Waals surface area contributed by atoms with Gasteiger partial charge in [-0.15, -0.1) is 10.2 Å². The van der Waals surface area contributed by atoms with Crippen LogP contribution in [0, 0.1) is 0 Å². The largest absolute Gasteiger partial charge is 0.382 e. The molecule has 0 aliphatic carbocycles. The maximum atomic E-state index is 5.80. The molecule has 3 rings (SSSR count). The summed E-state index contributed by atoms with van der Waals surface area (Å²) in [5.74, 6) is 0. The lowest BCUT2D eigenvalue weighted by atomic mass is 10.2. The van der Waals surface area contributed by atoms with Gasteiger partial charge in [-0.05, 0) is 38.0 Å². The van der Waals surface area contributed by atoms with Gasteiger partial charge >= 0.3 is 0 Å². The highest BCUT2D eigenvalue weighted by Gasteiger charge is 2.21. The summed E-state index contributed by atoms with van der Waals surface area (Å²) in [5.41, 5.74) is 2.14. The van der Waals surface area contributed by atoms with E-state index in [1.54, 1.807) is 12.7 Å². The average Bonchev–Trinajstić information content (AvgIpc) is 3.08. The van der Waals surface area contributed by atoms with Crippen molar-refractivity contribution in [3.8, 4) is 5.69 Å². The van der Waals surface area contributed by atoms with E-state index >= 15 is 0 Å². The number of benzene rings is 1. The maximum Gasteiger partial charge on any atom is 0.123 e. The lowest BCUT2D eigenvalue weighted by Crippen LogP contribution is -2.19. The fourth-order valence-electron chi connectivity index (χ4n) is 2.38. The van der Waals surface area contributed by atoms with Crippen molar-refractivity contribution in [2.24, 2.45) is 0 Å². The smallest absolute Gasteiger partial charge is 0.123 e. The molecule has 0 spiro atoms. The second kappa shape index (κ2) is 5.40. The van der Waals surface area contributed by atoms with E-state index in [-0.39, 0.29) is 0 Å². The van der Waals surface area contributed by atoms with Crippen molar-refractivity contribution < 1.29 is 4.74 Å². The van der Waals surface area contributed by atoms with Crippen molar-refractivity contribution in [3.05, 3.63) is 36.9 Å². The molecule has 0 bridgehead atoms. The summed E-state index contributed by atoms with van der Waals surface area (Å²) in [5, 5.41) is 11.1. The fraction of sp³-hybridized carbons (Fsp3) is 0.429. The Hall–Kier alpha value is -1.88. The normalized spacial score (nSPS) is 22.6. The molecule has 1 N–H and O–H groups in total. The second-order valence-electron chi connectivity index (χ2n) is 4.95. The number of rotatable bonds is 4. The lowest BCUT2D eigenvalue weighted by molar-refractivity contribution is 0.0637. The minimum atomic E-state index is 0.327. The molecule has 0 saturated carbocycles. The van der Waals surface area contributed by atoms with E-state index < -0.39 is 0 Å². The van der Waals surface area contributed by atoms with Gasteiger partial charge in [0.15, 0.2) is 0 Å². The van der Waals surface area contributed by atoms with Crippen LogP contribution in [0.3, 0.4) is 0 Å². The van der Waals surface area contributed by atoms with Gasteiger partial charge in [0, 0.05) is 12.2 Å². The van der Waals surface area contributed by atoms with Gasteiger partial charge in [0.25, 0.3) is 0 Å². The molecule has 1 fully saturated rings. The number of nitrogens with zero attached hydrogens (tertiary/aromatic N) is 3. The SMILES string of the molecule is CC1CCC(CNc2cccc(-n3cnnc3)c2)O1. The molecule has 0 radical (unpaired) electrons. The second-order valence-corrected chi connectivity index (χ2v) is 4.95. The Morgan fingerprint density at radius 3 is 2.89 bits per heavy atom. The van der Waals surface area contributed by atoms with Crippen LogP contribution in [-0.2, 0) is 4.74 Å². The van der Waals surface area contributed by atoms with Crippen LogP contribution in [0.15, 0.2) is 36.9 Å². The Bertz CT molecular complexity index is 526. The van der Waals surface area contributed by atoms with Gasteiger partial charge in [0.1, 0.15) is 12.7 Å². The molecule has 1 aliphatic rings. The summed E-state index contributed by atoms with van der Waals surface area (Å²) in [6, 6.07) is 8.20. The van der Waals surface area contributed by atoms with E-state index in [1.807, 2.05) is 16.7 Å². The maximum absolute atomic E-state index is 5.80. The number of ether oxygens (including phenoxy) is 1. The van der Waals surface area contributed by atoms with Gasteiger partial charge in [0.05, 0.1) is 17.9 Å². The zero-order valence-corrected chi connectivity index (χ0v) is 11.0. The minimum Gasteiger partial charge on any atom is -0.382 e. The molecule has 2 aromatic rings. The van der Waals surface area contributed by atoms with Crippen molar-refractivity contribution >= 4 is 5.69 Å². The zero-order valence-electron chi connectivity index (χ0n) is 11.0. The van der Waals surface area contributed by atoms with Crippen LogP contribution in [0.5, 0.6) is 0 Å². The minimum absolute atomic E-state index is 0.327. The first-order valence-corrected chi connectivity index (χ1v) is 6.65. The van der Waals surface area contributed by atoms with Crippen molar-refractivity contribution in [2.75, 3.05) is 11.9 Å². The van der Waals surface area contributed by atoms with Gasteiger partial charge < -0.3 is 10.1 Å². The van der Waals surface area contributed by atoms with E-state index in [1.165, 1.54) is 0 Å². The van der Waals surface area contributed by atoms with E-state index in [9.17, 15) is 0 Å². The molecule has 19 heavy (non-hydrogen) atoms. The molecule has 5 nitrogen and oxygen atoms in total. The first kappa shape index (κ1) is 12.2. The molecule has 1 aromatic heterocycles. The van der Waals surface area contributed by atoms with Crippen molar-refractivity contribution in [1.29, 1.82) is 0 Å². The van der Waals surface area contributed by atoms with Gasteiger partial charge in [-0.2, -0.15) is 0 Å². The van der Waals surface area contributed by atoms with Gasteiger partial charge in [-0.1, -0.05) is 6.07 Å².